The van der Waals surface area contributed by atoms with E-state index in [2.05, 4.69) is 328 Å². The number of anilines is 1. The largest absolute Gasteiger partial charge is 0.471 e. The van der Waals surface area contributed by atoms with Crippen molar-refractivity contribution in [3.05, 3.63) is 274 Å². The van der Waals surface area contributed by atoms with Crippen molar-refractivity contribution in [2.45, 2.75) is 374 Å². The monoisotopic (exact) mass is 1920 g/mol. The maximum atomic E-state index is 5.48. The number of hydrogen-bond acceptors (Lipinski definition) is 25. The summed E-state index contributed by atoms with van der Waals surface area (Å²) in [4.78, 5) is 71.5. The minimum atomic E-state index is -0.227. The predicted octanol–water partition coefficient (Wildman–Crippen LogP) is 24.0. The van der Waals surface area contributed by atoms with Gasteiger partial charge >= 0.3 is 6.01 Å². The second kappa shape index (κ2) is 46.6. The lowest BCUT2D eigenvalue weighted by atomic mass is 9.89. The summed E-state index contributed by atoms with van der Waals surface area (Å²) in [5.41, 5.74) is 28.4. The van der Waals surface area contributed by atoms with Crippen LogP contribution in [0.3, 0.4) is 0 Å². The van der Waals surface area contributed by atoms with Crippen molar-refractivity contribution in [1.29, 1.82) is 0 Å². The molecule has 0 aliphatic heterocycles. The number of nitrogen functional groups attached to an aromatic ring is 1. The Bertz CT molecular complexity index is 6160. The average molecular weight is 1920 g/mol. The first-order chi connectivity index (χ1) is 65.0. The molecule has 18 rings (SSSR count). The van der Waals surface area contributed by atoms with Gasteiger partial charge in [0.1, 0.15) is 22.9 Å². The molecule has 2 N–H and O–H groups in total. The van der Waals surface area contributed by atoms with E-state index in [4.69, 9.17) is 15.2 Å². The van der Waals surface area contributed by atoms with Crippen LogP contribution >= 0.6 is 0 Å². The number of fused-ring (bicyclic) bond motifs is 5. The summed E-state index contributed by atoms with van der Waals surface area (Å²) in [6.45, 7) is 83.8. The van der Waals surface area contributed by atoms with Crippen LogP contribution in [0.1, 0.15) is 368 Å². The van der Waals surface area contributed by atoms with Gasteiger partial charge in [-0.3, -0.25) is 15.0 Å². The van der Waals surface area contributed by atoms with Crippen molar-refractivity contribution in [2.75, 3.05) is 5.73 Å². The zero-order chi connectivity index (χ0) is 105. The molecule has 2 saturated carbocycles. The molecule has 2 aliphatic rings. The second-order valence-corrected chi connectivity index (χ2v) is 47.5. The van der Waals surface area contributed by atoms with Gasteiger partial charge in [-0.05, 0) is 209 Å². The van der Waals surface area contributed by atoms with Gasteiger partial charge in [0, 0.05) is 172 Å². The molecule has 30 heteroatoms. The Hall–Kier alpha value is -13.0. The lowest BCUT2D eigenvalue weighted by Crippen LogP contribution is -2.24. The fourth-order valence-electron chi connectivity index (χ4n) is 12.2. The van der Waals surface area contributed by atoms with Crippen LogP contribution in [0.4, 0.5) is 5.95 Å². The van der Waals surface area contributed by atoms with Crippen LogP contribution in [-0.4, -0.2) is 144 Å². The average Bonchev–Trinajstić information content (AvgIpc) is 1.64. The van der Waals surface area contributed by atoms with Crippen molar-refractivity contribution in [1.82, 2.24) is 133 Å². The molecule has 141 heavy (non-hydrogen) atoms. The summed E-state index contributed by atoms with van der Waals surface area (Å²) >= 11 is 0. The molecular weight excluding hydrogens is 1760 g/mol. The first-order valence-corrected chi connectivity index (χ1v) is 48.6. The van der Waals surface area contributed by atoms with Crippen LogP contribution < -0.4 is 15.2 Å². The predicted molar refractivity (Wildman–Crippen MR) is 568 cm³/mol. The highest BCUT2D eigenvalue weighted by Gasteiger charge is 2.30. The zero-order valence-corrected chi connectivity index (χ0v) is 92.1. The van der Waals surface area contributed by atoms with Crippen molar-refractivity contribution < 1.29 is 9.47 Å². The Morgan fingerprint density at radius 1 is 0.270 bits per heavy atom. The Balaban J connectivity index is 0.000000190. The van der Waals surface area contributed by atoms with Gasteiger partial charge in [-0.1, -0.05) is 187 Å². The van der Waals surface area contributed by atoms with Crippen molar-refractivity contribution in [3.63, 3.8) is 0 Å². The standard InChI is InChI=1S/C13H17N3.3C11H15N3.C11H16N2.C10H13N3.2C9H14N2O.2C9H14N2.C8H13N3/c1-13(2,3)10-7-14-12-6-11(9-4-5-9)15-16(12)8-10;3*1-8-5-10-12-6-9(11(2,3)4)7-14(10)13-8;1-11(2,3)9-6-12-10(13-7-9)8-4-5-8;1-10(2,3)8-6-11-9-4-5-12-13(9)7-8;1-7-5-11-8(6-10-7)12-9(2,3)4;1-7-5-10-8(11-6-7)12-9(2,3)4;1-7-10-5-8(6-11-7)9(2,3)4;1-7-5-11-8(6-10-7)9(2,3)4;1-8(2,3)6-4-10-7(9)11-5-6/h6-9H,4-5H2,1-3H3;3*5-7H,1-4H3;6-8H,4-5H2,1-3H3;4-7H,1-3H3;2*5-6H,1-4H3;2*5-6H,1-4H3;4-5H,1-3H3,(H2,9,10,11). The number of nitrogens with two attached hydrogens (primary N) is 1. The van der Waals surface area contributed by atoms with E-state index in [1.165, 1.54) is 70.3 Å². The Kier molecular flexibility index (Phi) is 37.4. The molecule has 0 amide bonds. The maximum absolute atomic E-state index is 5.48. The number of aromatic nitrogens is 27. The molecule has 0 atom stereocenters. The second-order valence-electron chi connectivity index (χ2n) is 47.5. The number of rotatable bonds is 4. The molecule has 0 bridgehead atoms. The normalized spacial score (nSPS) is 13.0. The van der Waals surface area contributed by atoms with E-state index >= 15 is 0 Å². The van der Waals surface area contributed by atoms with Gasteiger partial charge in [0.05, 0.1) is 58.4 Å². The third-order valence-corrected chi connectivity index (χ3v) is 21.7. The smallest absolute Gasteiger partial charge is 0.316 e. The number of ether oxygens (including phenoxy) is 2. The highest BCUT2D eigenvalue weighted by atomic mass is 16.5. The lowest BCUT2D eigenvalue weighted by molar-refractivity contribution is 0.116. The molecule has 0 aromatic carbocycles. The maximum Gasteiger partial charge on any atom is 0.316 e. The highest BCUT2D eigenvalue weighted by molar-refractivity contribution is 5.44. The molecule has 16 aromatic heterocycles. The molecule has 0 radical (unpaired) electrons. The quantitative estimate of drug-likeness (QED) is 0.171. The summed E-state index contributed by atoms with van der Waals surface area (Å²) < 4.78 is 20.2. The lowest BCUT2D eigenvalue weighted by Gasteiger charge is -2.19. The Labute approximate surface area is 838 Å². The van der Waals surface area contributed by atoms with Gasteiger partial charge in [-0.25, -0.2) is 92.4 Å². The number of aryl methyl sites for hydroxylation is 7. The summed E-state index contributed by atoms with van der Waals surface area (Å²) in [7, 11) is 0. The van der Waals surface area contributed by atoms with Gasteiger partial charge in [0.25, 0.3) is 0 Å². The van der Waals surface area contributed by atoms with Crippen LogP contribution in [0.2, 0.25) is 0 Å². The van der Waals surface area contributed by atoms with Gasteiger partial charge in [0.15, 0.2) is 28.2 Å². The van der Waals surface area contributed by atoms with E-state index in [1.807, 2.05) is 201 Å². The zero-order valence-electron chi connectivity index (χ0n) is 92.1. The van der Waals surface area contributed by atoms with Crippen LogP contribution in [0.15, 0.2) is 173 Å². The van der Waals surface area contributed by atoms with E-state index < -0.39 is 0 Å². The molecule has 16 aromatic rings. The summed E-state index contributed by atoms with van der Waals surface area (Å²) in [6, 6.07) is 10.4. The fraction of sp³-hybridized carbons (Fsp3) is 0.514. The molecule has 0 saturated heterocycles. The van der Waals surface area contributed by atoms with Gasteiger partial charge in [-0.15, -0.1) is 0 Å². The van der Waals surface area contributed by atoms with E-state index in [0.717, 1.165) is 85.2 Å². The third kappa shape index (κ3) is 38.2. The third-order valence-electron chi connectivity index (χ3n) is 21.7. The molecule has 0 spiro atoms. The van der Waals surface area contributed by atoms with Crippen LogP contribution in [0.5, 0.6) is 11.9 Å². The molecule has 2 aliphatic carbocycles. The van der Waals surface area contributed by atoms with E-state index in [-0.39, 0.29) is 59.9 Å². The highest BCUT2D eigenvalue weighted by Crippen LogP contribution is 2.40. The Morgan fingerprint density at radius 2 is 0.589 bits per heavy atom. The van der Waals surface area contributed by atoms with Crippen LogP contribution in [-0.2, 0) is 48.7 Å². The SMILES string of the molecule is CC(C)(C)c1cnc(C2CC2)nc1.CC(C)(C)c1cnc(N)nc1.CC(C)(C)c1cnc2cc(C3CC3)nn2c1.CC(C)(C)c1cnc2ccnn2c1.Cc1cc2ncc(C(C)(C)C)cn2n1.Cc1cc2ncc(C(C)(C)C)cn2n1.Cc1cc2ncc(C(C)(C)C)cn2n1.Cc1cnc(C(C)(C)C)cn1.Cc1cnc(OC(C)(C)C)cn1.Cc1cnc(OC(C)(C)C)nc1.Cc1ncc(C(C)(C)C)cn1. The number of nitrogens with zero attached hydrogens (tertiary/aromatic N) is 27. The molecular formula is C111H160N28O2. The van der Waals surface area contributed by atoms with E-state index in [1.54, 1.807) is 54.1 Å². The minimum absolute atomic E-state index is 0.105. The van der Waals surface area contributed by atoms with Gasteiger partial charge in [-0.2, -0.15) is 25.5 Å². The molecule has 0 unspecified atom stereocenters. The van der Waals surface area contributed by atoms with Crippen LogP contribution in [0.25, 0.3) is 28.2 Å². The Morgan fingerprint density at radius 3 is 0.915 bits per heavy atom. The molecule has 16 heterocycles. The van der Waals surface area contributed by atoms with Crippen molar-refractivity contribution >= 4 is 34.2 Å². The fourth-order valence-corrected chi connectivity index (χ4v) is 12.2. The first-order valence-electron chi connectivity index (χ1n) is 48.6. The first kappa shape index (κ1) is 113. The van der Waals surface area contributed by atoms with Crippen LogP contribution in [0, 0.1) is 48.5 Å². The molecule has 30 nitrogen and oxygen atoms in total. The van der Waals surface area contributed by atoms with Crippen molar-refractivity contribution in [2.24, 2.45) is 0 Å². The van der Waals surface area contributed by atoms with Crippen molar-refractivity contribution in [3.8, 4) is 11.9 Å². The van der Waals surface area contributed by atoms with Gasteiger partial charge in [0.2, 0.25) is 11.8 Å². The van der Waals surface area contributed by atoms with E-state index in [0.29, 0.717) is 29.7 Å². The van der Waals surface area contributed by atoms with E-state index in [9.17, 15) is 0 Å². The minimum Gasteiger partial charge on any atom is -0.471 e. The molecule has 756 valence electrons. The molecule has 2 fully saturated rings. The topological polar surface area (TPSA) is 350 Å². The number of hydrogen-bond donors (Lipinski definition) is 1. The summed E-state index contributed by atoms with van der Waals surface area (Å²) in [6.07, 6.45) is 48.6. The van der Waals surface area contributed by atoms with Gasteiger partial charge < -0.3 is 15.2 Å². The summed E-state index contributed by atoms with van der Waals surface area (Å²) in [5.74, 6) is 4.13. The summed E-state index contributed by atoms with van der Waals surface area (Å²) in [5, 5.41) is 21.8.